The molecule has 0 aliphatic rings. The van der Waals surface area contributed by atoms with Gasteiger partial charge in [-0.1, -0.05) is 29.3 Å². The van der Waals surface area contributed by atoms with Crippen LogP contribution >= 0.6 is 23.2 Å². The third kappa shape index (κ3) is 2.85. The summed E-state index contributed by atoms with van der Waals surface area (Å²) < 4.78 is 0. The van der Waals surface area contributed by atoms with E-state index >= 15 is 0 Å². The summed E-state index contributed by atoms with van der Waals surface area (Å²) in [6.07, 6.45) is 0.629. The topological polar surface area (TPSA) is 54.9 Å². The fourth-order valence-corrected chi connectivity index (χ4v) is 2.05. The molecule has 0 bridgehead atoms. The zero-order valence-corrected chi connectivity index (χ0v) is 11.9. The molecule has 0 saturated heterocycles. The first-order chi connectivity index (χ1) is 9.02. The van der Waals surface area contributed by atoms with Crippen molar-refractivity contribution in [2.24, 2.45) is 0 Å². The van der Waals surface area contributed by atoms with Gasteiger partial charge in [0.05, 0.1) is 5.56 Å². The Balaban J connectivity index is 2.49. The summed E-state index contributed by atoms with van der Waals surface area (Å²) in [4.78, 5) is 19.2. The van der Waals surface area contributed by atoms with Gasteiger partial charge < -0.3 is 5.32 Å². The van der Waals surface area contributed by atoms with Crippen LogP contribution in [0.5, 0.6) is 0 Å². The summed E-state index contributed by atoms with van der Waals surface area (Å²) in [5.41, 5.74) is 1.87. The molecule has 4 nitrogen and oxygen atoms in total. The number of aromatic nitrogens is 2. The van der Waals surface area contributed by atoms with Crippen molar-refractivity contribution >= 4 is 41.0 Å². The number of rotatable bonds is 3. The normalized spacial score (nSPS) is 10.3. The molecule has 0 unspecified atom stereocenters. The molecule has 1 heterocycles. The lowest BCUT2D eigenvalue weighted by Gasteiger charge is -2.12. The zero-order valence-electron chi connectivity index (χ0n) is 10.4. The lowest BCUT2D eigenvalue weighted by molar-refractivity contribution is 0.112. The minimum Gasteiger partial charge on any atom is -0.339 e. The highest BCUT2D eigenvalue weighted by Crippen LogP contribution is 2.28. The third-order valence-electron chi connectivity index (χ3n) is 2.65. The Morgan fingerprint density at radius 2 is 1.95 bits per heavy atom. The Bertz CT molecular complexity index is 644. The van der Waals surface area contributed by atoms with Gasteiger partial charge in [0.1, 0.15) is 16.8 Å². The van der Waals surface area contributed by atoms with Crippen LogP contribution in [0.15, 0.2) is 18.2 Å². The molecule has 2 rings (SSSR count). The van der Waals surface area contributed by atoms with E-state index in [1.165, 1.54) is 0 Å². The van der Waals surface area contributed by atoms with E-state index in [9.17, 15) is 4.79 Å². The van der Waals surface area contributed by atoms with Crippen LogP contribution < -0.4 is 5.32 Å². The van der Waals surface area contributed by atoms with Crippen LogP contribution in [-0.2, 0) is 0 Å². The van der Waals surface area contributed by atoms with Gasteiger partial charge in [0.15, 0.2) is 6.29 Å². The first-order valence-electron chi connectivity index (χ1n) is 5.54. The van der Waals surface area contributed by atoms with E-state index < -0.39 is 0 Å². The molecule has 0 aliphatic carbocycles. The Morgan fingerprint density at radius 1 is 1.21 bits per heavy atom. The molecular weight excluding hydrogens is 285 g/mol. The number of aldehydes is 1. The summed E-state index contributed by atoms with van der Waals surface area (Å²) in [5, 5.41) is 3.83. The van der Waals surface area contributed by atoms with Crippen molar-refractivity contribution in [3.05, 3.63) is 45.3 Å². The second kappa shape index (κ2) is 5.55. The average molecular weight is 296 g/mol. The highest BCUT2D eigenvalue weighted by atomic mass is 35.5. The van der Waals surface area contributed by atoms with Crippen LogP contribution in [0.4, 0.5) is 11.5 Å². The van der Waals surface area contributed by atoms with E-state index in [4.69, 9.17) is 23.2 Å². The number of hydrogen-bond donors (Lipinski definition) is 1. The number of nitrogens with one attached hydrogen (secondary N) is 1. The van der Waals surface area contributed by atoms with Gasteiger partial charge in [-0.25, -0.2) is 9.97 Å². The second-order valence-corrected chi connectivity index (χ2v) is 4.74. The van der Waals surface area contributed by atoms with E-state index in [0.717, 1.165) is 11.3 Å². The molecule has 0 radical (unpaired) electrons. The van der Waals surface area contributed by atoms with Crippen molar-refractivity contribution in [2.45, 2.75) is 13.8 Å². The quantitative estimate of drug-likeness (QED) is 0.688. The van der Waals surface area contributed by atoms with Crippen LogP contribution in [-0.4, -0.2) is 16.3 Å². The highest BCUT2D eigenvalue weighted by molar-refractivity contribution is 6.32. The monoisotopic (exact) mass is 295 g/mol. The molecule has 0 saturated carbocycles. The highest BCUT2D eigenvalue weighted by Gasteiger charge is 2.12. The SMILES string of the molecule is Cc1nc(Cl)c(C=O)c(Nc2cccc(Cl)c2C)n1. The number of nitrogens with zero attached hydrogens (tertiary/aromatic N) is 2. The van der Waals surface area contributed by atoms with Gasteiger partial charge in [-0.15, -0.1) is 0 Å². The Labute approximate surface area is 120 Å². The molecule has 1 N–H and O–H groups in total. The zero-order chi connectivity index (χ0) is 14.0. The molecule has 0 amide bonds. The minimum atomic E-state index is 0.129. The summed E-state index contributed by atoms with van der Waals surface area (Å²) >= 11 is 12.0. The smallest absolute Gasteiger partial charge is 0.156 e. The maximum atomic E-state index is 11.1. The first kappa shape index (κ1) is 13.8. The van der Waals surface area contributed by atoms with E-state index in [1.807, 2.05) is 19.1 Å². The standard InChI is InChI=1S/C13H11Cl2N3O/c1-7-10(14)4-3-5-11(7)18-13-9(6-19)12(15)16-8(2)17-13/h3-6H,1-2H3,(H,16,17,18). The molecule has 19 heavy (non-hydrogen) atoms. The minimum absolute atomic E-state index is 0.129. The summed E-state index contributed by atoms with van der Waals surface area (Å²) in [6.45, 7) is 3.58. The van der Waals surface area contributed by atoms with Gasteiger partial charge in [0, 0.05) is 10.7 Å². The van der Waals surface area contributed by atoms with Crippen LogP contribution in [0, 0.1) is 13.8 Å². The maximum absolute atomic E-state index is 11.1. The van der Waals surface area contributed by atoms with E-state index in [2.05, 4.69) is 15.3 Å². The fourth-order valence-electron chi connectivity index (χ4n) is 1.62. The van der Waals surface area contributed by atoms with Crippen molar-refractivity contribution < 1.29 is 4.79 Å². The van der Waals surface area contributed by atoms with E-state index in [0.29, 0.717) is 23.0 Å². The molecule has 2 aromatic rings. The van der Waals surface area contributed by atoms with E-state index in [1.54, 1.807) is 13.0 Å². The van der Waals surface area contributed by atoms with Gasteiger partial charge >= 0.3 is 0 Å². The number of anilines is 2. The summed E-state index contributed by atoms with van der Waals surface area (Å²) in [7, 11) is 0. The number of carbonyl (C=O) groups is 1. The number of halogens is 2. The third-order valence-corrected chi connectivity index (χ3v) is 3.35. The predicted molar refractivity (Wildman–Crippen MR) is 76.6 cm³/mol. The second-order valence-electron chi connectivity index (χ2n) is 3.98. The van der Waals surface area contributed by atoms with Crippen LogP contribution in [0.2, 0.25) is 10.2 Å². The molecule has 0 spiro atoms. The van der Waals surface area contributed by atoms with Crippen molar-refractivity contribution in [3.8, 4) is 0 Å². The van der Waals surface area contributed by atoms with Crippen molar-refractivity contribution in [2.75, 3.05) is 5.32 Å². The summed E-state index contributed by atoms with van der Waals surface area (Å²) in [6, 6.07) is 5.45. The Morgan fingerprint density at radius 3 is 2.63 bits per heavy atom. The van der Waals surface area contributed by atoms with Gasteiger partial charge in [0.25, 0.3) is 0 Å². The molecule has 98 valence electrons. The van der Waals surface area contributed by atoms with Gasteiger partial charge in [-0.05, 0) is 31.5 Å². The predicted octanol–water partition coefficient (Wildman–Crippen LogP) is 3.96. The molecular formula is C13H11Cl2N3O. The molecule has 6 heteroatoms. The van der Waals surface area contributed by atoms with Crippen LogP contribution in [0.3, 0.4) is 0 Å². The summed E-state index contributed by atoms with van der Waals surface area (Å²) in [5.74, 6) is 0.857. The van der Waals surface area contributed by atoms with Gasteiger partial charge in [-0.2, -0.15) is 0 Å². The number of aryl methyl sites for hydroxylation is 1. The molecule has 0 fully saturated rings. The molecule has 1 aromatic heterocycles. The van der Waals surface area contributed by atoms with Gasteiger partial charge in [0.2, 0.25) is 0 Å². The lowest BCUT2D eigenvalue weighted by atomic mass is 10.2. The number of hydrogen-bond acceptors (Lipinski definition) is 4. The number of carbonyl (C=O) groups excluding carboxylic acids is 1. The van der Waals surface area contributed by atoms with Gasteiger partial charge in [-0.3, -0.25) is 4.79 Å². The molecule has 1 aromatic carbocycles. The van der Waals surface area contributed by atoms with Crippen LogP contribution in [0.1, 0.15) is 21.7 Å². The van der Waals surface area contributed by atoms with E-state index in [-0.39, 0.29) is 10.7 Å². The van der Waals surface area contributed by atoms with Crippen molar-refractivity contribution in [1.29, 1.82) is 0 Å². The molecule has 0 atom stereocenters. The first-order valence-corrected chi connectivity index (χ1v) is 6.30. The largest absolute Gasteiger partial charge is 0.339 e. The molecule has 0 aliphatic heterocycles. The van der Waals surface area contributed by atoms with Crippen molar-refractivity contribution in [1.82, 2.24) is 9.97 Å². The Hall–Kier alpha value is -1.65. The van der Waals surface area contributed by atoms with Crippen LogP contribution in [0.25, 0.3) is 0 Å². The maximum Gasteiger partial charge on any atom is 0.156 e. The fraction of sp³-hybridized carbons (Fsp3) is 0.154. The average Bonchev–Trinajstić information content (AvgIpc) is 2.34. The lowest BCUT2D eigenvalue weighted by Crippen LogP contribution is -2.04. The van der Waals surface area contributed by atoms with Crippen molar-refractivity contribution in [3.63, 3.8) is 0 Å². The Kier molecular flexibility index (Phi) is 4.02. The number of benzene rings is 1.